The molecule has 2 N–H and O–H groups in total. The van der Waals surface area contributed by atoms with Gasteiger partial charge < -0.3 is 57.8 Å². The summed E-state index contributed by atoms with van der Waals surface area (Å²) in [6.07, 6.45) is 1.42. The summed E-state index contributed by atoms with van der Waals surface area (Å²) in [4.78, 5) is 39.3. The Balaban J connectivity index is 1.35. The Morgan fingerprint density at radius 3 is 1.47 bits per heavy atom. The molecule has 4 aromatic carbocycles. The second-order valence-corrected chi connectivity index (χ2v) is 19.5. The number of nitrogens with one attached hydrogen (secondary N) is 1. The molecule has 0 spiro atoms. The molecule has 76 heavy (non-hydrogen) atoms. The number of hydrogen-bond acceptors (Lipinski definition) is 14. The zero-order chi connectivity index (χ0) is 53.7. The lowest BCUT2D eigenvalue weighted by molar-refractivity contribution is -0.364. The van der Waals surface area contributed by atoms with E-state index in [0.717, 1.165) is 47.9 Å². The molecule has 2 heterocycles. The van der Waals surface area contributed by atoms with E-state index >= 15 is 0 Å². The molecule has 0 unspecified atom stereocenters. The largest absolute Gasteiger partial charge is 0.463 e. The molecule has 11 atom stereocenters. The number of unbranched alkanes of at least 4 members (excludes halogenated alkanes) is 8. The Hall–Kier alpha value is -5.33. The van der Waals surface area contributed by atoms with Crippen molar-refractivity contribution >= 4 is 17.8 Å². The van der Waals surface area contributed by atoms with Gasteiger partial charge in [0.15, 0.2) is 12.6 Å². The predicted molar refractivity (Wildman–Crippen MR) is 286 cm³/mol. The zero-order valence-electron chi connectivity index (χ0n) is 44.7. The van der Waals surface area contributed by atoms with Gasteiger partial charge in [-0.05, 0) is 28.7 Å². The summed E-state index contributed by atoms with van der Waals surface area (Å²) >= 11 is 0. The van der Waals surface area contributed by atoms with Gasteiger partial charge in [0, 0.05) is 13.8 Å². The molecule has 15 heteroatoms. The normalized spacial score (nSPS) is 23.8. The minimum absolute atomic E-state index is 0.00341. The molecule has 2 aliphatic rings. The van der Waals surface area contributed by atoms with Gasteiger partial charge in [-0.2, -0.15) is 0 Å². The summed E-state index contributed by atoms with van der Waals surface area (Å²) < 4.78 is 65.8. The third kappa shape index (κ3) is 20.6. The van der Waals surface area contributed by atoms with Crippen molar-refractivity contribution < 1.29 is 66.9 Å². The number of carbonyl (C=O) groups excluding carboxylic acids is 3. The van der Waals surface area contributed by atoms with Gasteiger partial charge in [0.25, 0.3) is 0 Å². The quantitative estimate of drug-likeness (QED) is 0.0257. The topological polar surface area (TPSA) is 176 Å². The lowest BCUT2D eigenvalue weighted by Crippen LogP contribution is -2.69. The third-order valence-corrected chi connectivity index (χ3v) is 13.3. The van der Waals surface area contributed by atoms with E-state index in [1.165, 1.54) is 46.0 Å². The molecule has 0 aliphatic carbocycles. The molecule has 1 amide bonds. The number of amides is 1. The Labute approximate surface area is 449 Å². The fraction of sp³-hybridized carbons (Fsp3) is 0.525. The van der Waals surface area contributed by atoms with Crippen LogP contribution < -0.4 is 5.32 Å². The number of aliphatic hydroxyl groups excluding tert-OH is 1. The summed E-state index contributed by atoms with van der Waals surface area (Å²) in [5, 5.41) is 14.3. The molecule has 2 aliphatic heterocycles. The number of carbonyl (C=O) groups is 3. The smallest absolute Gasteiger partial charge is 0.302 e. The van der Waals surface area contributed by atoms with Crippen molar-refractivity contribution in [2.75, 3.05) is 19.8 Å². The van der Waals surface area contributed by atoms with E-state index in [2.05, 4.69) is 18.8 Å². The highest BCUT2D eigenvalue weighted by atomic mass is 16.8. The minimum atomic E-state index is -1.33. The van der Waals surface area contributed by atoms with Crippen LogP contribution in [-0.2, 0) is 88.2 Å². The van der Waals surface area contributed by atoms with Crippen LogP contribution in [0.5, 0.6) is 0 Å². The van der Waals surface area contributed by atoms with Crippen LogP contribution in [0.1, 0.15) is 114 Å². The van der Waals surface area contributed by atoms with Gasteiger partial charge in [-0.1, -0.05) is 192 Å². The van der Waals surface area contributed by atoms with Crippen LogP contribution in [0.3, 0.4) is 0 Å². The summed E-state index contributed by atoms with van der Waals surface area (Å²) in [6, 6.07) is 37.4. The van der Waals surface area contributed by atoms with Gasteiger partial charge in [0.1, 0.15) is 62.0 Å². The average Bonchev–Trinajstić information content (AvgIpc) is 3.44. The molecule has 0 radical (unpaired) electrons. The van der Waals surface area contributed by atoms with Gasteiger partial charge in [-0.25, -0.2) is 0 Å². The second kappa shape index (κ2) is 33.7. The van der Waals surface area contributed by atoms with Gasteiger partial charge in [0.2, 0.25) is 5.91 Å². The molecular formula is C61H81NO14. The van der Waals surface area contributed by atoms with Crippen LogP contribution in [0.25, 0.3) is 0 Å². The second-order valence-electron chi connectivity index (χ2n) is 19.5. The van der Waals surface area contributed by atoms with Crippen molar-refractivity contribution in [1.82, 2.24) is 5.32 Å². The molecule has 0 saturated carbocycles. The van der Waals surface area contributed by atoms with E-state index in [1.807, 2.05) is 121 Å². The van der Waals surface area contributed by atoms with Crippen molar-refractivity contribution in [2.45, 2.75) is 185 Å². The van der Waals surface area contributed by atoms with Gasteiger partial charge in [0.05, 0.1) is 45.6 Å². The van der Waals surface area contributed by atoms with Crippen LogP contribution >= 0.6 is 0 Å². The summed E-state index contributed by atoms with van der Waals surface area (Å²) in [6.45, 7) is 8.67. The predicted octanol–water partition coefficient (Wildman–Crippen LogP) is 9.65. The average molecular weight is 1050 g/mol. The minimum Gasteiger partial charge on any atom is -0.463 e. The van der Waals surface area contributed by atoms with Crippen LogP contribution in [0, 0.1) is 0 Å². The Morgan fingerprint density at radius 1 is 0.553 bits per heavy atom. The zero-order valence-corrected chi connectivity index (χ0v) is 44.7. The summed E-state index contributed by atoms with van der Waals surface area (Å²) in [5.41, 5.74) is 3.46. The lowest BCUT2D eigenvalue weighted by Gasteiger charge is -2.50. The highest BCUT2D eigenvalue weighted by Crippen LogP contribution is 2.36. The van der Waals surface area contributed by atoms with E-state index in [9.17, 15) is 19.5 Å². The van der Waals surface area contributed by atoms with Crippen molar-refractivity contribution in [1.29, 1.82) is 0 Å². The fourth-order valence-electron chi connectivity index (χ4n) is 9.42. The molecule has 2 fully saturated rings. The molecule has 6 rings (SSSR count). The maximum Gasteiger partial charge on any atom is 0.302 e. The number of esters is 2. The van der Waals surface area contributed by atoms with Crippen LogP contribution in [-0.4, -0.2) is 110 Å². The van der Waals surface area contributed by atoms with E-state index < -0.39 is 85.3 Å². The maximum absolute atomic E-state index is 14.2. The van der Waals surface area contributed by atoms with Crippen LogP contribution in [0.2, 0.25) is 0 Å². The number of ether oxygens (including phenoxy) is 10. The lowest BCUT2D eigenvalue weighted by atomic mass is 9.94. The third-order valence-electron chi connectivity index (χ3n) is 13.3. The van der Waals surface area contributed by atoms with Crippen LogP contribution in [0.15, 0.2) is 134 Å². The first-order valence-corrected chi connectivity index (χ1v) is 27.2. The fourth-order valence-corrected chi connectivity index (χ4v) is 9.42. The molecule has 0 bridgehead atoms. The Morgan fingerprint density at radius 2 is 0.987 bits per heavy atom. The van der Waals surface area contributed by atoms with Crippen molar-refractivity contribution in [3.63, 3.8) is 0 Å². The number of benzene rings is 4. The van der Waals surface area contributed by atoms with E-state index in [4.69, 9.17) is 47.4 Å². The van der Waals surface area contributed by atoms with Crippen molar-refractivity contribution in [3.05, 3.63) is 156 Å². The Kier molecular flexibility index (Phi) is 26.6. The molecule has 0 aromatic heterocycles. The molecular weight excluding hydrogens is 971 g/mol. The molecule has 4 aromatic rings. The van der Waals surface area contributed by atoms with Gasteiger partial charge in [-0.3, -0.25) is 14.4 Å². The van der Waals surface area contributed by atoms with E-state index in [-0.39, 0.29) is 52.7 Å². The number of rotatable bonds is 34. The molecule has 2 saturated heterocycles. The van der Waals surface area contributed by atoms with Gasteiger partial charge in [-0.15, -0.1) is 6.58 Å². The van der Waals surface area contributed by atoms with Crippen molar-refractivity contribution in [2.24, 2.45) is 0 Å². The maximum atomic E-state index is 14.2. The standard InChI is InChI=1S/C61H81NO14/c1-5-7-8-9-10-11-12-13-26-35-50(65)37-53(66)62-54-57(67-36-6-2)56(52(43-69-45(4)64)74-60(54)73-41-49-33-24-17-25-34-49)76-61-59(72-40-48-31-22-16-23-32-48)58(71-39-47-29-20-15-21-30-47)55(51(75-61)42-68-44(3)63)70-38-46-27-18-14-19-28-46/h6,14-25,27-34,50-52,54-61,65H,2,5,7-13,26,35-43H2,1,3-4H3,(H,62,66)/t50-,51-,52-,54+,55-,56-,57-,58+,59+,60+,61+/m1/s1. The first-order chi connectivity index (χ1) is 37.1. The highest BCUT2D eigenvalue weighted by Gasteiger charge is 2.55. The molecule has 15 nitrogen and oxygen atoms in total. The summed E-state index contributed by atoms with van der Waals surface area (Å²) in [5.74, 6) is -1.57. The first kappa shape index (κ1) is 59.9. The van der Waals surface area contributed by atoms with E-state index in [1.54, 1.807) is 6.08 Å². The van der Waals surface area contributed by atoms with E-state index in [0.29, 0.717) is 6.42 Å². The van der Waals surface area contributed by atoms with Crippen LogP contribution in [0.4, 0.5) is 0 Å². The molecule has 414 valence electrons. The number of hydrogen-bond donors (Lipinski definition) is 2. The first-order valence-electron chi connectivity index (χ1n) is 27.2. The Bertz CT molecular complexity index is 2240. The SMILES string of the molecule is C=CCO[C@@H]1[C@H](NC(=O)C[C@H](O)CCCCCCCCCCC)[C@@H](OCc2ccccc2)O[C@H](COC(C)=O)[C@H]1O[C@@H]1O[C@H](COC(C)=O)[C@@H](OCc2ccccc2)[C@H](OCc2ccccc2)[C@@H]1OCc1ccccc1. The summed E-state index contributed by atoms with van der Waals surface area (Å²) in [7, 11) is 0. The van der Waals surface area contributed by atoms with Crippen molar-refractivity contribution in [3.8, 4) is 0 Å². The number of aliphatic hydroxyl groups is 1. The highest BCUT2D eigenvalue weighted by molar-refractivity contribution is 5.77. The van der Waals surface area contributed by atoms with Gasteiger partial charge >= 0.3 is 11.9 Å². The monoisotopic (exact) mass is 1050 g/mol.